The Morgan fingerprint density at radius 2 is 1.75 bits per heavy atom. The van der Waals surface area contributed by atoms with Crippen LogP contribution in [0.4, 0.5) is 0 Å². The van der Waals surface area contributed by atoms with Gasteiger partial charge in [-0.2, -0.15) is 0 Å². The molecule has 2 aromatic carbocycles. The smallest absolute Gasteiger partial charge is 0.233 e. The summed E-state index contributed by atoms with van der Waals surface area (Å²) >= 11 is 0. The standard InChI is InChI=1S/C25H29N3O3S/c1-17-21-16-28(14-9-5-6-12-23(29)26-32(4,30)31)15-13-19(21)18(2)25-24(17)20-10-7-8-11-22(20)27(25)3/h7-8,10-11,13,15-16H,5-6,9,12,14H2,1-4H3/p+1. The normalized spacial score (nSPS) is 12.1. The van der Waals surface area contributed by atoms with Gasteiger partial charge in [0.15, 0.2) is 12.4 Å². The van der Waals surface area contributed by atoms with Crippen molar-refractivity contribution in [2.24, 2.45) is 7.05 Å². The molecule has 0 saturated carbocycles. The summed E-state index contributed by atoms with van der Waals surface area (Å²) in [5.41, 5.74) is 5.13. The molecule has 0 aliphatic carbocycles. The lowest BCUT2D eigenvalue weighted by molar-refractivity contribution is -0.696. The van der Waals surface area contributed by atoms with E-state index >= 15 is 0 Å². The number of fused-ring (bicyclic) bond motifs is 4. The number of nitrogens with zero attached hydrogens (tertiary/aromatic N) is 2. The number of hydrogen-bond acceptors (Lipinski definition) is 3. The second-order valence-corrected chi connectivity index (χ2v) is 10.4. The van der Waals surface area contributed by atoms with Gasteiger partial charge in [0.1, 0.15) is 6.54 Å². The first-order chi connectivity index (χ1) is 15.2. The van der Waals surface area contributed by atoms with E-state index in [0.717, 1.165) is 25.6 Å². The Balaban J connectivity index is 1.55. The lowest BCUT2D eigenvalue weighted by Crippen LogP contribution is -2.32. The van der Waals surface area contributed by atoms with Crippen molar-refractivity contribution in [3.05, 3.63) is 53.9 Å². The molecule has 32 heavy (non-hydrogen) atoms. The van der Waals surface area contributed by atoms with Crippen molar-refractivity contribution in [1.29, 1.82) is 0 Å². The van der Waals surface area contributed by atoms with Crippen LogP contribution in [0.15, 0.2) is 42.7 Å². The van der Waals surface area contributed by atoms with E-state index in [4.69, 9.17) is 0 Å². The van der Waals surface area contributed by atoms with Gasteiger partial charge >= 0.3 is 0 Å². The monoisotopic (exact) mass is 452 g/mol. The molecule has 0 spiro atoms. The first-order valence-corrected chi connectivity index (χ1v) is 12.9. The zero-order chi connectivity index (χ0) is 23.0. The third kappa shape index (κ3) is 4.21. The summed E-state index contributed by atoms with van der Waals surface area (Å²) in [5, 5.41) is 5.15. The predicted octanol–water partition coefficient (Wildman–Crippen LogP) is 4.03. The molecule has 0 unspecified atom stereocenters. The van der Waals surface area contributed by atoms with Crippen molar-refractivity contribution in [1.82, 2.24) is 9.29 Å². The average Bonchev–Trinajstić information content (AvgIpc) is 3.03. The molecule has 4 aromatic rings. The van der Waals surface area contributed by atoms with Crippen LogP contribution in [-0.2, 0) is 28.4 Å². The molecule has 2 heterocycles. The number of pyridine rings is 1. The van der Waals surface area contributed by atoms with Gasteiger partial charge in [-0.3, -0.25) is 9.52 Å². The zero-order valence-corrected chi connectivity index (χ0v) is 19.9. The molecule has 0 fully saturated rings. The minimum atomic E-state index is -3.47. The molecular formula is C25H30N3O3S+. The molecule has 2 aromatic heterocycles. The number of nitrogens with one attached hydrogen (secondary N) is 1. The average molecular weight is 453 g/mol. The number of hydrogen-bond donors (Lipinski definition) is 1. The van der Waals surface area contributed by atoms with E-state index in [-0.39, 0.29) is 6.42 Å². The lowest BCUT2D eigenvalue weighted by Gasteiger charge is -2.10. The van der Waals surface area contributed by atoms with Gasteiger partial charge in [-0.25, -0.2) is 13.0 Å². The van der Waals surface area contributed by atoms with E-state index in [1.165, 1.54) is 43.7 Å². The Morgan fingerprint density at radius 3 is 2.50 bits per heavy atom. The number of rotatable bonds is 7. The quantitative estimate of drug-likeness (QED) is 0.340. The van der Waals surface area contributed by atoms with Crippen molar-refractivity contribution in [3.8, 4) is 0 Å². The van der Waals surface area contributed by atoms with Gasteiger partial charge in [0, 0.05) is 47.6 Å². The number of aryl methyl sites for hydroxylation is 4. The summed E-state index contributed by atoms with van der Waals surface area (Å²) in [6.45, 7) is 5.27. The Hall–Kier alpha value is -2.93. The molecule has 1 amide bonds. The van der Waals surface area contributed by atoms with Crippen LogP contribution < -0.4 is 9.29 Å². The van der Waals surface area contributed by atoms with Crippen LogP contribution in [0.5, 0.6) is 0 Å². The van der Waals surface area contributed by atoms with E-state index in [0.29, 0.717) is 6.42 Å². The number of amides is 1. The van der Waals surface area contributed by atoms with Gasteiger partial charge in [0.25, 0.3) is 0 Å². The minimum Gasteiger partial charge on any atom is -0.343 e. The SMILES string of the molecule is Cc1c2c[n+](CCCCCC(=O)NS(C)(=O)=O)ccc2c(C)c2c1c1ccccc1n2C. The lowest BCUT2D eigenvalue weighted by atomic mass is 9.97. The summed E-state index contributed by atoms with van der Waals surface area (Å²) in [5.74, 6) is -0.434. The van der Waals surface area contributed by atoms with Gasteiger partial charge in [0.05, 0.1) is 11.8 Å². The summed E-state index contributed by atoms with van der Waals surface area (Å²) in [6, 6.07) is 10.8. The molecule has 6 nitrogen and oxygen atoms in total. The summed E-state index contributed by atoms with van der Waals surface area (Å²) in [7, 11) is -1.33. The maximum absolute atomic E-state index is 11.6. The molecule has 168 valence electrons. The number of sulfonamides is 1. The predicted molar refractivity (Wildman–Crippen MR) is 129 cm³/mol. The Labute approximate surface area is 188 Å². The summed E-state index contributed by atoms with van der Waals surface area (Å²) < 4.78 is 28.7. The zero-order valence-electron chi connectivity index (χ0n) is 19.1. The van der Waals surface area contributed by atoms with Crippen molar-refractivity contribution in [2.75, 3.05) is 6.26 Å². The molecule has 0 atom stereocenters. The van der Waals surface area contributed by atoms with E-state index < -0.39 is 15.9 Å². The minimum absolute atomic E-state index is 0.229. The second kappa shape index (κ2) is 8.54. The van der Waals surface area contributed by atoms with Crippen LogP contribution in [0, 0.1) is 13.8 Å². The maximum Gasteiger partial charge on any atom is 0.233 e. The van der Waals surface area contributed by atoms with Crippen LogP contribution >= 0.6 is 0 Å². The van der Waals surface area contributed by atoms with Gasteiger partial charge in [-0.05, 0) is 49.3 Å². The maximum atomic E-state index is 11.6. The molecule has 0 aliphatic rings. The highest BCUT2D eigenvalue weighted by atomic mass is 32.2. The van der Waals surface area contributed by atoms with Crippen LogP contribution in [0.3, 0.4) is 0 Å². The number of carbonyl (C=O) groups excluding carboxylic acids is 1. The first-order valence-electron chi connectivity index (χ1n) is 11.0. The molecule has 7 heteroatoms. The highest BCUT2D eigenvalue weighted by Gasteiger charge is 2.18. The fourth-order valence-electron chi connectivity index (χ4n) is 4.79. The van der Waals surface area contributed by atoms with Gasteiger partial charge in [0.2, 0.25) is 15.9 Å². The summed E-state index contributed by atoms with van der Waals surface area (Å²) in [6.07, 6.45) is 8.04. The van der Waals surface area contributed by atoms with Gasteiger partial charge < -0.3 is 4.57 Å². The number of para-hydroxylation sites is 1. The summed E-state index contributed by atoms with van der Waals surface area (Å²) in [4.78, 5) is 11.6. The molecule has 4 rings (SSSR count). The van der Waals surface area contributed by atoms with Crippen LogP contribution in [-0.4, -0.2) is 25.1 Å². The number of unbranched alkanes of at least 4 members (excludes halogenated alkanes) is 2. The largest absolute Gasteiger partial charge is 0.343 e. The van der Waals surface area contributed by atoms with E-state index in [1.54, 1.807) is 0 Å². The first kappa shape index (κ1) is 22.3. The van der Waals surface area contributed by atoms with Crippen molar-refractivity contribution >= 4 is 48.5 Å². The third-order valence-electron chi connectivity index (χ3n) is 6.28. The van der Waals surface area contributed by atoms with E-state index in [2.05, 4.69) is 72.8 Å². The number of benzene rings is 2. The molecule has 0 bridgehead atoms. The molecule has 0 saturated heterocycles. The number of aromatic nitrogens is 2. The highest BCUT2D eigenvalue weighted by Crippen LogP contribution is 2.37. The van der Waals surface area contributed by atoms with Crippen molar-refractivity contribution in [3.63, 3.8) is 0 Å². The Morgan fingerprint density at radius 1 is 1.00 bits per heavy atom. The topological polar surface area (TPSA) is 72.1 Å². The molecule has 0 radical (unpaired) electrons. The molecule has 1 N–H and O–H groups in total. The molecule has 0 aliphatic heterocycles. The van der Waals surface area contributed by atoms with Crippen LogP contribution in [0.2, 0.25) is 0 Å². The van der Waals surface area contributed by atoms with Gasteiger partial charge in [-0.1, -0.05) is 18.2 Å². The van der Waals surface area contributed by atoms with Crippen molar-refractivity contribution < 1.29 is 17.8 Å². The fraction of sp³-hybridized carbons (Fsp3) is 0.360. The van der Waals surface area contributed by atoms with E-state index in [9.17, 15) is 13.2 Å². The van der Waals surface area contributed by atoms with Crippen LogP contribution in [0.25, 0.3) is 32.6 Å². The third-order valence-corrected chi connectivity index (χ3v) is 6.88. The fourth-order valence-corrected chi connectivity index (χ4v) is 5.31. The highest BCUT2D eigenvalue weighted by molar-refractivity contribution is 7.89. The second-order valence-electron chi connectivity index (χ2n) is 8.67. The number of carbonyl (C=O) groups is 1. The van der Waals surface area contributed by atoms with E-state index in [1.807, 2.05) is 4.72 Å². The van der Waals surface area contributed by atoms with Gasteiger partial charge in [-0.15, -0.1) is 0 Å². The molecular weight excluding hydrogens is 422 g/mol. The van der Waals surface area contributed by atoms with Crippen molar-refractivity contribution in [2.45, 2.75) is 46.1 Å². The Bertz CT molecular complexity index is 1450. The van der Waals surface area contributed by atoms with Crippen LogP contribution in [0.1, 0.15) is 36.8 Å². The Kier molecular flexibility index (Phi) is 5.95.